The molecule has 8 bridgehead atoms. The van der Waals surface area contributed by atoms with Crippen molar-refractivity contribution in [3.8, 4) is 23.0 Å². The van der Waals surface area contributed by atoms with E-state index < -0.39 is 0 Å². The van der Waals surface area contributed by atoms with Gasteiger partial charge in [0.1, 0.15) is 23.0 Å². The van der Waals surface area contributed by atoms with Crippen LogP contribution in [0.3, 0.4) is 0 Å². The van der Waals surface area contributed by atoms with Crippen molar-refractivity contribution in [1.82, 2.24) is 0 Å². The molecule has 0 aromatic heterocycles. The van der Waals surface area contributed by atoms with E-state index in [0.29, 0.717) is 12.8 Å². The molecule has 4 nitrogen and oxygen atoms in total. The molecule has 1 aliphatic carbocycles. The van der Waals surface area contributed by atoms with E-state index in [1.165, 1.54) is 22.3 Å². The van der Waals surface area contributed by atoms with E-state index in [9.17, 15) is 0 Å². The quantitative estimate of drug-likeness (QED) is 0.185. The van der Waals surface area contributed by atoms with E-state index in [1.807, 2.05) is 0 Å². The molecular formula is C50H64O4. The summed E-state index contributed by atoms with van der Waals surface area (Å²) in [4.78, 5) is 0. The van der Waals surface area contributed by atoms with Crippen molar-refractivity contribution in [2.75, 3.05) is 28.4 Å². The summed E-state index contributed by atoms with van der Waals surface area (Å²) >= 11 is 0. The summed E-state index contributed by atoms with van der Waals surface area (Å²) in [5.74, 6) is 3.45. The fraction of sp³-hybridized carbons (Fsp3) is 0.440. The highest BCUT2D eigenvalue weighted by Crippen LogP contribution is 2.42. The average molecular weight is 729 g/mol. The predicted octanol–water partition coefficient (Wildman–Crippen LogP) is 12.7. The minimum atomic E-state index is -0.0828. The fourth-order valence-electron chi connectivity index (χ4n) is 7.37. The van der Waals surface area contributed by atoms with Crippen LogP contribution in [0.4, 0.5) is 0 Å². The first-order chi connectivity index (χ1) is 25.1. The number of hydrogen-bond acceptors (Lipinski definition) is 4. The van der Waals surface area contributed by atoms with Crippen molar-refractivity contribution in [2.24, 2.45) is 0 Å². The van der Waals surface area contributed by atoms with E-state index in [2.05, 4.69) is 156 Å². The Kier molecular flexibility index (Phi) is 11.3. The Morgan fingerprint density at radius 2 is 0.500 bits per heavy atom. The van der Waals surface area contributed by atoms with Gasteiger partial charge in [-0.1, -0.05) is 132 Å². The molecular weight excluding hydrogens is 665 g/mol. The maximum Gasteiger partial charge on any atom is 0.129 e. The molecule has 0 fully saturated rings. The number of hydrogen-bond donors (Lipinski definition) is 0. The van der Waals surface area contributed by atoms with Crippen molar-refractivity contribution >= 4 is 24.3 Å². The average Bonchev–Trinajstić information content (AvgIpc) is 3.07. The lowest BCUT2D eigenvalue weighted by Crippen LogP contribution is -2.14. The van der Waals surface area contributed by atoms with E-state index in [1.54, 1.807) is 28.4 Å². The Balaban J connectivity index is 1.96. The summed E-state index contributed by atoms with van der Waals surface area (Å²) in [6.45, 7) is 27.2. The summed E-state index contributed by atoms with van der Waals surface area (Å²) in [5.41, 5.74) is 13.2. The number of methoxy groups -OCH3 is 4. The molecule has 0 unspecified atom stereocenters. The summed E-state index contributed by atoms with van der Waals surface area (Å²) in [5, 5.41) is 0. The van der Waals surface area contributed by atoms with Gasteiger partial charge < -0.3 is 18.9 Å². The third-order valence-electron chi connectivity index (χ3n) is 10.7. The molecule has 0 heterocycles. The van der Waals surface area contributed by atoms with Crippen molar-refractivity contribution in [2.45, 2.75) is 118 Å². The molecule has 0 radical (unpaired) electrons. The Morgan fingerprint density at radius 1 is 0.315 bits per heavy atom. The molecule has 0 saturated carbocycles. The van der Waals surface area contributed by atoms with Gasteiger partial charge in [0.05, 0.1) is 28.4 Å². The van der Waals surface area contributed by atoms with Crippen LogP contribution in [0, 0.1) is 0 Å². The largest absolute Gasteiger partial charge is 0.496 e. The minimum Gasteiger partial charge on any atom is -0.496 e. The van der Waals surface area contributed by atoms with Gasteiger partial charge in [0.2, 0.25) is 0 Å². The van der Waals surface area contributed by atoms with Gasteiger partial charge in [-0.3, -0.25) is 0 Å². The molecule has 4 aromatic rings. The van der Waals surface area contributed by atoms with E-state index in [0.717, 1.165) is 67.5 Å². The molecule has 0 saturated heterocycles. The number of rotatable bonds is 4. The van der Waals surface area contributed by atoms with Crippen LogP contribution in [0.1, 0.15) is 150 Å². The van der Waals surface area contributed by atoms with Crippen molar-refractivity contribution in [1.29, 1.82) is 0 Å². The molecule has 4 aromatic carbocycles. The zero-order chi connectivity index (χ0) is 40.0. The highest BCUT2D eigenvalue weighted by molar-refractivity contribution is 5.80. The first-order valence-electron chi connectivity index (χ1n) is 19.3. The highest BCUT2D eigenvalue weighted by atomic mass is 16.5. The number of benzene rings is 4. The SMILES string of the molecule is COc1c2cc(C(C)(C)C)cc1Cc1cc(C(C)(C)C)cc(c1OC)/C=C/c1cc(C(C)(C)C)cc(c1OC)Cc1cc(C(C)(C)C)cc(c1OC)/C=C/2. The molecule has 1 aliphatic rings. The van der Waals surface area contributed by atoms with Gasteiger partial charge in [-0.05, 0) is 90.4 Å². The van der Waals surface area contributed by atoms with Gasteiger partial charge in [-0.15, -0.1) is 0 Å². The van der Waals surface area contributed by atoms with Crippen molar-refractivity contribution < 1.29 is 18.9 Å². The fourth-order valence-corrected chi connectivity index (χ4v) is 7.37. The first-order valence-corrected chi connectivity index (χ1v) is 19.3. The van der Waals surface area contributed by atoms with E-state index in [4.69, 9.17) is 18.9 Å². The Hall–Kier alpha value is -4.44. The number of ether oxygens (including phenoxy) is 4. The second kappa shape index (κ2) is 15.0. The molecule has 4 heteroatoms. The van der Waals surface area contributed by atoms with Crippen LogP contribution in [-0.4, -0.2) is 28.4 Å². The van der Waals surface area contributed by atoms with Crippen LogP contribution in [-0.2, 0) is 34.5 Å². The van der Waals surface area contributed by atoms with Crippen molar-refractivity contribution in [3.05, 3.63) is 115 Å². The van der Waals surface area contributed by atoms with Crippen LogP contribution in [0.2, 0.25) is 0 Å². The standard InChI is InChI=1S/C50H64O4/c1-47(2,3)39-23-31-17-18-32-24-41(49(7,8)9)29-37(45(32)53-15)22-38-30-42(50(10,11)12)26-34(46(38)54-16)20-19-33-25-40(48(4,5)6)28-36(44(33)52-14)21-35(27-39)43(31)51-13/h17-20,23-30H,21-22H2,1-16H3/b18-17+,20-19+. The van der Waals surface area contributed by atoms with Gasteiger partial charge >= 0.3 is 0 Å². The van der Waals surface area contributed by atoms with Crippen LogP contribution < -0.4 is 18.9 Å². The summed E-state index contributed by atoms with van der Waals surface area (Å²) < 4.78 is 25.2. The van der Waals surface area contributed by atoms with Crippen LogP contribution in [0.5, 0.6) is 23.0 Å². The zero-order valence-corrected chi connectivity index (χ0v) is 36.0. The molecule has 0 amide bonds. The normalized spacial score (nSPS) is 14.8. The molecule has 0 aliphatic heterocycles. The van der Waals surface area contributed by atoms with Gasteiger partial charge in [0, 0.05) is 35.1 Å². The highest BCUT2D eigenvalue weighted by Gasteiger charge is 2.26. The molecule has 288 valence electrons. The smallest absolute Gasteiger partial charge is 0.129 e. The Labute approximate surface area is 326 Å². The van der Waals surface area contributed by atoms with Crippen LogP contribution in [0.15, 0.2) is 48.5 Å². The summed E-state index contributed by atoms with van der Waals surface area (Å²) in [6.07, 6.45) is 10.1. The maximum absolute atomic E-state index is 6.30. The van der Waals surface area contributed by atoms with E-state index in [-0.39, 0.29) is 21.7 Å². The lowest BCUT2D eigenvalue weighted by molar-refractivity contribution is 0.403. The van der Waals surface area contributed by atoms with Crippen molar-refractivity contribution in [3.63, 3.8) is 0 Å². The zero-order valence-electron chi connectivity index (χ0n) is 36.0. The summed E-state index contributed by atoms with van der Waals surface area (Å²) in [7, 11) is 7.12. The second-order valence-corrected chi connectivity index (χ2v) is 19.1. The van der Waals surface area contributed by atoms with Crippen LogP contribution >= 0.6 is 0 Å². The molecule has 5 rings (SSSR count). The summed E-state index contributed by atoms with van der Waals surface area (Å²) in [6, 6.07) is 18.4. The molecule has 0 atom stereocenters. The van der Waals surface area contributed by atoms with Crippen LogP contribution in [0.25, 0.3) is 24.3 Å². The number of fused-ring (bicyclic) bond motifs is 8. The maximum atomic E-state index is 6.30. The van der Waals surface area contributed by atoms with Gasteiger partial charge in [0.25, 0.3) is 0 Å². The van der Waals surface area contributed by atoms with E-state index >= 15 is 0 Å². The predicted molar refractivity (Wildman–Crippen MR) is 230 cm³/mol. The lowest BCUT2D eigenvalue weighted by atomic mass is 9.81. The Bertz CT molecular complexity index is 1780. The first kappa shape index (κ1) is 40.7. The third kappa shape index (κ3) is 8.59. The Morgan fingerprint density at radius 3 is 0.648 bits per heavy atom. The van der Waals surface area contributed by atoms with Gasteiger partial charge in [-0.2, -0.15) is 0 Å². The molecule has 0 N–H and O–H groups in total. The third-order valence-corrected chi connectivity index (χ3v) is 10.7. The van der Waals surface area contributed by atoms with Gasteiger partial charge in [-0.25, -0.2) is 0 Å². The minimum absolute atomic E-state index is 0.0828. The second-order valence-electron chi connectivity index (χ2n) is 19.1. The molecule has 0 spiro atoms. The topological polar surface area (TPSA) is 36.9 Å². The van der Waals surface area contributed by atoms with Gasteiger partial charge in [0.15, 0.2) is 0 Å². The monoisotopic (exact) mass is 728 g/mol. The lowest BCUT2D eigenvalue weighted by Gasteiger charge is -2.26. The molecule has 54 heavy (non-hydrogen) atoms.